The van der Waals surface area contributed by atoms with Crippen molar-refractivity contribution >= 4 is 11.9 Å². The Morgan fingerprint density at radius 3 is 1.96 bits per heavy atom. The van der Waals surface area contributed by atoms with Gasteiger partial charge in [-0.15, -0.1) is 0 Å². The lowest BCUT2D eigenvalue weighted by Crippen LogP contribution is -2.35. The topological polar surface area (TPSA) is 79.3 Å². The molecule has 1 aliphatic carbocycles. The molecule has 0 fully saturated rings. The van der Waals surface area contributed by atoms with Gasteiger partial charge in [0.25, 0.3) is 5.91 Å². The summed E-state index contributed by atoms with van der Waals surface area (Å²) >= 11 is 0. The van der Waals surface area contributed by atoms with Gasteiger partial charge in [0.2, 0.25) is 0 Å². The molecule has 0 aliphatic heterocycles. The van der Waals surface area contributed by atoms with Crippen molar-refractivity contribution in [1.29, 1.82) is 0 Å². The second-order valence-electron chi connectivity index (χ2n) is 5.39. The van der Waals surface area contributed by atoms with Crippen molar-refractivity contribution in [1.82, 2.24) is 10.3 Å². The van der Waals surface area contributed by atoms with Crippen LogP contribution in [0.2, 0.25) is 0 Å². The number of nitrogens with zero attached hydrogens (tertiary/aromatic N) is 1. The first-order chi connectivity index (χ1) is 11.8. The first kappa shape index (κ1) is 18.4. The average Bonchev–Trinajstić information content (AvgIpc) is 2.97. The Bertz CT molecular complexity index is 723. The number of rotatable bonds is 2. The van der Waals surface area contributed by atoms with E-state index in [0.717, 1.165) is 12.8 Å². The summed E-state index contributed by atoms with van der Waals surface area (Å²) in [5.74, 6) is -2.78. The Labute approximate surface area is 141 Å². The number of carboxylic acid groups (broad SMARTS) is 1. The van der Waals surface area contributed by atoms with E-state index in [4.69, 9.17) is 9.90 Å². The zero-order valence-electron chi connectivity index (χ0n) is 13.0. The fourth-order valence-corrected chi connectivity index (χ4v) is 2.43. The number of nitrogens with one attached hydrogen (secondary N) is 1. The van der Waals surface area contributed by atoms with Crippen LogP contribution in [0.3, 0.4) is 0 Å². The predicted molar refractivity (Wildman–Crippen MR) is 83.0 cm³/mol. The molecule has 1 heterocycles. The van der Waals surface area contributed by atoms with Crippen molar-refractivity contribution in [2.75, 3.05) is 0 Å². The van der Waals surface area contributed by atoms with Gasteiger partial charge in [-0.1, -0.05) is 24.3 Å². The van der Waals surface area contributed by atoms with Gasteiger partial charge in [-0.05, 0) is 36.1 Å². The average molecular weight is 352 g/mol. The molecule has 2 N–H and O–H groups in total. The van der Waals surface area contributed by atoms with E-state index in [9.17, 15) is 18.0 Å². The molecule has 0 saturated heterocycles. The fourth-order valence-electron chi connectivity index (χ4n) is 2.43. The third kappa shape index (κ3) is 5.30. The van der Waals surface area contributed by atoms with Gasteiger partial charge in [-0.2, -0.15) is 13.2 Å². The Morgan fingerprint density at radius 2 is 1.52 bits per heavy atom. The minimum absolute atomic E-state index is 0.0183. The van der Waals surface area contributed by atoms with E-state index < -0.39 is 12.1 Å². The second-order valence-corrected chi connectivity index (χ2v) is 5.39. The Kier molecular flexibility index (Phi) is 5.74. The third-order valence-electron chi connectivity index (χ3n) is 3.57. The highest BCUT2D eigenvalue weighted by Gasteiger charge is 2.38. The molecule has 8 heteroatoms. The summed E-state index contributed by atoms with van der Waals surface area (Å²) in [6.07, 6.45) is 0.0383. The maximum atomic E-state index is 12.0. The lowest BCUT2D eigenvalue weighted by Gasteiger charge is -2.11. The number of carbonyl (C=O) groups is 2. The largest absolute Gasteiger partial charge is 0.490 e. The summed E-state index contributed by atoms with van der Waals surface area (Å²) in [6, 6.07) is 12.0. The van der Waals surface area contributed by atoms with Gasteiger partial charge < -0.3 is 10.4 Å². The van der Waals surface area contributed by atoms with Crippen molar-refractivity contribution in [3.05, 3.63) is 65.5 Å². The van der Waals surface area contributed by atoms with E-state index >= 15 is 0 Å². The van der Waals surface area contributed by atoms with Crippen LogP contribution >= 0.6 is 0 Å². The molecule has 0 unspecified atom stereocenters. The molecular weight excluding hydrogens is 337 g/mol. The highest BCUT2D eigenvalue weighted by Crippen LogP contribution is 2.21. The summed E-state index contributed by atoms with van der Waals surface area (Å²) in [5.41, 5.74) is 3.36. The van der Waals surface area contributed by atoms with Crippen LogP contribution in [0.1, 0.15) is 21.5 Å². The maximum Gasteiger partial charge on any atom is 0.490 e. The minimum Gasteiger partial charge on any atom is -0.475 e. The van der Waals surface area contributed by atoms with E-state index in [1.807, 2.05) is 12.1 Å². The maximum absolute atomic E-state index is 12.0. The molecule has 0 saturated carbocycles. The number of hydrogen-bond donors (Lipinski definition) is 2. The monoisotopic (exact) mass is 352 g/mol. The number of carbonyl (C=O) groups excluding carboxylic acids is 1. The number of aliphatic carboxylic acids is 1. The van der Waals surface area contributed by atoms with Crippen LogP contribution in [0, 0.1) is 0 Å². The summed E-state index contributed by atoms with van der Waals surface area (Å²) in [7, 11) is 0. The summed E-state index contributed by atoms with van der Waals surface area (Å²) in [6.45, 7) is 0. The zero-order chi connectivity index (χ0) is 18.4. The van der Waals surface area contributed by atoms with Gasteiger partial charge in [-0.25, -0.2) is 4.79 Å². The van der Waals surface area contributed by atoms with Gasteiger partial charge in [0.1, 0.15) is 0 Å². The van der Waals surface area contributed by atoms with E-state index in [2.05, 4.69) is 22.4 Å². The summed E-state index contributed by atoms with van der Waals surface area (Å²) < 4.78 is 31.7. The molecule has 0 bridgehead atoms. The van der Waals surface area contributed by atoms with Crippen LogP contribution in [0.25, 0.3) is 0 Å². The number of amides is 1. The summed E-state index contributed by atoms with van der Waals surface area (Å²) in [5, 5.41) is 10.2. The van der Waals surface area contributed by atoms with Crippen LogP contribution in [-0.4, -0.2) is 34.2 Å². The molecule has 1 amide bonds. The lowest BCUT2D eigenvalue weighted by atomic mass is 10.1. The van der Waals surface area contributed by atoms with Crippen LogP contribution in [-0.2, 0) is 17.6 Å². The molecule has 5 nitrogen and oxygen atoms in total. The van der Waals surface area contributed by atoms with Crippen molar-refractivity contribution in [2.24, 2.45) is 0 Å². The molecule has 25 heavy (non-hydrogen) atoms. The van der Waals surface area contributed by atoms with E-state index in [1.165, 1.54) is 11.1 Å². The zero-order valence-corrected chi connectivity index (χ0v) is 13.0. The molecule has 1 aromatic carbocycles. The smallest absolute Gasteiger partial charge is 0.475 e. The number of benzene rings is 1. The molecule has 0 atom stereocenters. The molecule has 3 rings (SSSR count). The highest BCUT2D eigenvalue weighted by molar-refractivity contribution is 5.94. The van der Waals surface area contributed by atoms with E-state index in [1.54, 1.807) is 24.5 Å². The standard InChI is InChI=1S/C15H14N2O.C2HF3O2/c18-15(11-5-7-16-8-6-11)17-14-9-12-3-1-2-4-13(12)10-14;3-2(4,5)1(6)7/h1-8,14H,9-10H2,(H,17,18);(H,6,7). The first-order valence-corrected chi connectivity index (χ1v) is 7.35. The van der Waals surface area contributed by atoms with Gasteiger partial charge in [-0.3, -0.25) is 9.78 Å². The van der Waals surface area contributed by atoms with Gasteiger partial charge in [0.15, 0.2) is 0 Å². The normalized spacial score (nSPS) is 13.4. The molecule has 2 aromatic rings. The molecule has 1 aromatic heterocycles. The molecule has 0 radical (unpaired) electrons. The predicted octanol–water partition coefficient (Wildman–Crippen LogP) is 2.61. The Morgan fingerprint density at radius 1 is 1.04 bits per heavy atom. The lowest BCUT2D eigenvalue weighted by molar-refractivity contribution is -0.192. The van der Waals surface area contributed by atoms with E-state index in [-0.39, 0.29) is 11.9 Å². The molecule has 1 aliphatic rings. The van der Waals surface area contributed by atoms with Crippen LogP contribution in [0.5, 0.6) is 0 Å². The quantitative estimate of drug-likeness (QED) is 0.871. The Hall–Kier alpha value is -2.90. The summed E-state index contributed by atoms with van der Waals surface area (Å²) in [4.78, 5) is 24.8. The molecule has 132 valence electrons. The SMILES string of the molecule is O=C(NC1Cc2ccccc2C1)c1ccncc1.O=C(O)C(F)(F)F. The number of halogens is 3. The number of pyridine rings is 1. The highest BCUT2D eigenvalue weighted by atomic mass is 19.4. The number of aromatic nitrogens is 1. The first-order valence-electron chi connectivity index (χ1n) is 7.35. The molecule has 0 spiro atoms. The van der Waals surface area contributed by atoms with Crippen LogP contribution in [0.4, 0.5) is 13.2 Å². The number of carboxylic acids is 1. The Balaban J connectivity index is 0.000000277. The van der Waals surface area contributed by atoms with Crippen molar-refractivity contribution < 1.29 is 27.9 Å². The second kappa shape index (κ2) is 7.78. The van der Waals surface area contributed by atoms with E-state index in [0.29, 0.717) is 5.56 Å². The van der Waals surface area contributed by atoms with Gasteiger partial charge in [0, 0.05) is 24.0 Å². The van der Waals surface area contributed by atoms with Crippen LogP contribution in [0.15, 0.2) is 48.8 Å². The van der Waals surface area contributed by atoms with Crippen molar-refractivity contribution in [3.8, 4) is 0 Å². The van der Waals surface area contributed by atoms with Crippen molar-refractivity contribution in [2.45, 2.75) is 25.1 Å². The van der Waals surface area contributed by atoms with Crippen molar-refractivity contribution in [3.63, 3.8) is 0 Å². The number of fused-ring (bicyclic) bond motifs is 1. The van der Waals surface area contributed by atoms with Crippen LogP contribution < -0.4 is 5.32 Å². The van der Waals surface area contributed by atoms with Gasteiger partial charge >= 0.3 is 12.1 Å². The fraction of sp³-hybridized carbons (Fsp3) is 0.235. The minimum atomic E-state index is -5.08. The number of alkyl halides is 3. The van der Waals surface area contributed by atoms with Gasteiger partial charge in [0.05, 0.1) is 0 Å². The number of hydrogen-bond acceptors (Lipinski definition) is 3. The molecular formula is C17H15F3N2O3. The third-order valence-corrected chi connectivity index (χ3v) is 3.57.